The average molecular weight is 463 g/mol. The van der Waals surface area contributed by atoms with Crippen LogP contribution in [0.4, 0.5) is 10.4 Å². The minimum Gasteiger partial charge on any atom is -0.493 e. The lowest BCUT2D eigenvalue weighted by atomic mass is 9.92. The Morgan fingerprint density at radius 3 is 2.76 bits per heavy atom. The number of carbonyl (C=O) groups excluding carboxylic acids is 1. The van der Waals surface area contributed by atoms with Gasteiger partial charge in [-0.15, -0.1) is 0 Å². The van der Waals surface area contributed by atoms with Crippen LogP contribution in [0, 0.1) is 5.82 Å². The molecule has 8 nitrogen and oxygen atoms in total. The third kappa shape index (κ3) is 4.00. The first-order valence-electron chi connectivity index (χ1n) is 10.7. The number of rotatable bonds is 6. The summed E-state index contributed by atoms with van der Waals surface area (Å²) in [5.41, 5.74) is 3.54. The summed E-state index contributed by atoms with van der Waals surface area (Å²) in [4.78, 5) is 23.0. The summed E-state index contributed by atoms with van der Waals surface area (Å²) >= 11 is 0. The van der Waals surface area contributed by atoms with Crippen LogP contribution in [0.1, 0.15) is 16.7 Å². The molecule has 1 unspecified atom stereocenters. The summed E-state index contributed by atoms with van der Waals surface area (Å²) in [5.74, 6) is 0.279. The zero-order valence-corrected chi connectivity index (χ0v) is 18.7. The molecule has 34 heavy (non-hydrogen) atoms. The lowest BCUT2D eigenvalue weighted by molar-refractivity contribution is -0.142. The van der Waals surface area contributed by atoms with E-state index in [1.807, 2.05) is 24.3 Å². The number of fused-ring (bicyclic) bond motifs is 2. The molecule has 0 saturated carbocycles. The Hall–Kier alpha value is -4.14. The largest absolute Gasteiger partial charge is 0.493 e. The van der Waals surface area contributed by atoms with Crippen LogP contribution >= 0.6 is 0 Å². The van der Waals surface area contributed by atoms with Crippen molar-refractivity contribution < 1.29 is 27.8 Å². The molecule has 0 bridgehead atoms. The van der Waals surface area contributed by atoms with E-state index in [0.717, 1.165) is 16.7 Å². The average Bonchev–Trinajstić information content (AvgIpc) is 3.29. The number of benzene rings is 2. The van der Waals surface area contributed by atoms with Crippen LogP contribution in [0.3, 0.4) is 0 Å². The number of carbonyl (C=O) groups is 1. The fourth-order valence-electron chi connectivity index (χ4n) is 4.13. The van der Waals surface area contributed by atoms with Crippen molar-refractivity contribution in [3.8, 4) is 11.5 Å². The molecule has 0 amide bonds. The van der Waals surface area contributed by atoms with Crippen molar-refractivity contribution in [3.63, 3.8) is 0 Å². The highest BCUT2D eigenvalue weighted by Gasteiger charge is 2.37. The predicted octanol–water partition coefficient (Wildman–Crippen LogP) is 4.05. The second-order valence-corrected chi connectivity index (χ2v) is 7.86. The van der Waals surface area contributed by atoms with Gasteiger partial charge in [0.25, 0.3) is 6.01 Å². The summed E-state index contributed by atoms with van der Waals surface area (Å²) < 4.78 is 36.3. The number of ether oxygens (including phenoxy) is 3. The van der Waals surface area contributed by atoms with Gasteiger partial charge in [-0.25, -0.2) is 9.18 Å². The van der Waals surface area contributed by atoms with Crippen LogP contribution in [-0.2, 0) is 29.1 Å². The van der Waals surface area contributed by atoms with E-state index in [1.54, 1.807) is 30.5 Å². The van der Waals surface area contributed by atoms with Gasteiger partial charge in [0, 0.05) is 37.0 Å². The Balaban J connectivity index is 1.53. The summed E-state index contributed by atoms with van der Waals surface area (Å²) in [6.07, 6.45) is 3.69. The highest BCUT2D eigenvalue weighted by atomic mass is 19.1. The Bertz CT molecular complexity index is 1340. The maximum Gasteiger partial charge on any atom is 0.329 e. The molecule has 4 aromatic rings. The summed E-state index contributed by atoms with van der Waals surface area (Å²) in [7, 11) is 2.91. The van der Waals surface area contributed by atoms with E-state index in [-0.39, 0.29) is 12.4 Å². The van der Waals surface area contributed by atoms with Crippen molar-refractivity contribution in [2.45, 2.75) is 25.6 Å². The Labute approximate surface area is 194 Å². The minimum absolute atomic E-state index is 0.219. The van der Waals surface area contributed by atoms with Gasteiger partial charge in [-0.2, -0.15) is 4.98 Å². The van der Waals surface area contributed by atoms with Crippen molar-refractivity contribution in [2.24, 2.45) is 0 Å². The number of aromatic nitrogens is 2. The van der Waals surface area contributed by atoms with E-state index < -0.39 is 17.8 Å². The highest BCUT2D eigenvalue weighted by Crippen LogP contribution is 2.40. The quantitative estimate of drug-likeness (QED) is 0.396. The van der Waals surface area contributed by atoms with Crippen LogP contribution in [0.15, 0.2) is 59.3 Å². The Kier molecular flexibility index (Phi) is 5.75. The van der Waals surface area contributed by atoms with Crippen molar-refractivity contribution in [1.82, 2.24) is 9.97 Å². The molecule has 1 aliphatic rings. The molecule has 1 atom stereocenters. The number of esters is 1. The van der Waals surface area contributed by atoms with Gasteiger partial charge in [0.2, 0.25) is 0 Å². The van der Waals surface area contributed by atoms with E-state index in [2.05, 4.69) is 9.97 Å². The molecule has 0 fully saturated rings. The molecular weight excluding hydrogens is 441 g/mol. The van der Waals surface area contributed by atoms with E-state index in [0.29, 0.717) is 35.8 Å². The molecule has 5 rings (SSSR count). The number of pyridine rings is 1. The van der Waals surface area contributed by atoms with Gasteiger partial charge in [0.05, 0.1) is 14.2 Å². The molecular formula is C25H22FN3O5. The second-order valence-electron chi connectivity index (χ2n) is 7.86. The van der Waals surface area contributed by atoms with Gasteiger partial charge in [0.1, 0.15) is 24.0 Å². The molecule has 1 aliphatic heterocycles. The van der Waals surface area contributed by atoms with Gasteiger partial charge >= 0.3 is 5.97 Å². The molecule has 0 saturated heterocycles. The number of hydrogen-bond acceptors (Lipinski definition) is 8. The van der Waals surface area contributed by atoms with Gasteiger partial charge < -0.3 is 23.5 Å². The van der Waals surface area contributed by atoms with Crippen molar-refractivity contribution >= 4 is 23.1 Å². The maximum absolute atomic E-state index is 13.7. The molecule has 9 heteroatoms. The van der Waals surface area contributed by atoms with Gasteiger partial charge in [-0.05, 0) is 41.5 Å². The van der Waals surface area contributed by atoms with Crippen molar-refractivity contribution in [3.05, 3.63) is 77.4 Å². The van der Waals surface area contributed by atoms with Gasteiger partial charge in [0.15, 0.2) is 17.1 Å². The Morgan fingerprint density at radius 2 is 2.00 bits per heavy atom. The third-order valence-corrected chi connectivity index (χ3v) is 5.85. The van der Waals surface area contributed by atoms with E-state index in [1.165, 1.54) is 19.2 Å². The molecule has 0 spiro atoms. The first-order valence-corrected chi connectivity index (χ1v) is 10.7. The molecule has 2 aromatic heterocycles. The molecule has 0 N–H and O–H groups in total. The highest BCUT2D eigenvalue weighted by molar-refractivity contribution is 5.82. The molecule has 3 heterocycles. The maximum atomic E-state index is 13.7. The number of methoxy groups -OCH3 is 2. The minimum atomic E-state index is -0.717. The fourth-order valence-corrected chi connectivity index (χ4v) is 4.13. The number of halogens is 1. The van der Waals surface area contributed by atoms with Crippen molar-refractivity contribution in [1.29, 1.82) is 0 Å². The van der Waals surface area contributed by atoms with Crippen LogP contribution in [0.5, 0.6) is 11.5 Å². The third-order valence-electron chi connectivity index (χ3n) is 5.85. The fraction of sp³-hybridized carbons (Fsp3) is 0.240. The topological polar surface area (TPSA) is 86.9 Å². The Morgan fingerprint density at radius 1 is 1.18 bits per heavy atom. The SMILES string of the molecule is COC(=O)C1Cc2c(ccc(OC)c2OCc2ccncc2)CN1c1nc2ccc(F)cc2o1. The molecule has 2 aromatic carbocycles. The number of nitrogens with zero attached hydrogens (tertiary/aromatic N) is 3. The summed E-state index contributed by atoms with van der Waals surface area (Å²) in [5, 5.41) is 0. The van der Waals surface area contributed by atoms with Gasteiger partial charge in [-0.1, -0.05) is 6.07 Å². The zero-order chi connectivity index (χ0) is 23.7. The number of hydrogen-bond donors (Lipinski definition) is 0. The van der Waals surface area contributed by atoms with E-state index in [4.69, 9.17) is 18.6 Å². The number of anilines is 1. The molecule has 0 radical (unpaired) electrons. The lowest BCUT2D eigenvalue weighted by Crippen LogP contribution is -2.46. The first-order chi connectivity index (χ1) is 16.6. The van der Waals surface area contributed by atoms with Crippen LogP contribution in [0.25, 0.3) is 11.1 Å². The zero-order valence-electron chi connectivity index (χ0n) is 18.7. The second kappa shape index (κ2) is 9.01. The smallest absolute Gasteiger partial charge is 0.329 e. The van der Waals surface area contributed by atoms with Crippen LogP contribution in [0.2, 0.25) is 0 Å². The first kappa shape index (κ1) is 21.7. The summed E-state index contributed by atoms with van der Waals surface area (Å²) in [6.45, 7) is 0.638. The number of oxazole rings is 1. The van der Waals surface area contributed by atoms with Crippen LogP contribution in [-0.4, -0.2) is 36.2 Å². The van der Waals surface area contributed by atoms with E-state index in [9.17, 15) is 9.18 Å². The van der Waals surface area contributed by atoms with Gasteiger partial charge in [-0.3, -0.25) is 4.98 Å². The standard InChI is InChI=1S/C25H22FN3O5/c1-31-21-6-3-16-13-29(25-28-19-5-4-17(26)11-22(19)34-25)20(24(30)32-2)12-18(16)23(21)33-14-15-7-9-27-10-8-15/h3-11,20H,12-14H2,1-2H3. The van der Waals surface area contributed by atoms with Crippen LogP contribution < -0.4 is 14.4 Å². The normalized spacial score (nSPS) is 15.1. The lowest BCUT2D eigenvalue weighted by Gasteiger charge is -2.35. The monoisotopic (exact) mass is 463 g/mol. The molecule has 174 valence electrons. The van der Waals surface area contributed by atoms with E-state index >= 15 is 0 Å². The summed E-state index contributed by atoms with van der Waals surface area (Å²) in [6, 6.07) is 11.1. The predicted molar refractivity (Wildman–Crippen MR) is 121 cm³/mol. The molecule has 0 aliphatic carbocycles. The van der Waals surface area contributed by atoms with Crippen molar-refractivity contribution in [2.75, 3.05) is 19.1 Å².